The van der Waals surface area contributed by atoms with E-state index in [1.807, 2.05) is 29.6 Å². The van der Waals surface area contributed by atoms with E-state index >= 15 is 0 Å². The number of anilines is 1. The summed E-state index contributed by atoms with van der Waals surface area (Å²) in [5.41, 5.74) is 1.98. The molecule has 0 aliphatic heterocycles. The minimum absolute atomic E-state index is 0.214. The van der Waals surface area contributed by atoms with Gasteiger partial charge in [0, 0.05) is 17.6 Å². The molecule has 0 atom stereocenters. The van der Waals surface area contributed by atoms with Crippen LogP contribution in [0.2, 0.25) is 0 Å². The van der Waals surface area contributed by atoms with Crippen molar-refractivity contribution in [2.75, 3.05) is 5.32 Å². The average molecular weight is 409 g/mol. The van der Waals surface area contributed by atoms with Crippen molar-refractivity contribution in [2.24, 2.45) is 0 Å². The van der Waals surface area contributed by atoms with Crippen LogP contribution in [0.5, 0.6) is 0 Å². The lowest BCUT2D eigenvalue weighted by atomic mass is 10.2. The summed E-state index contributed by atoms with van der Waals surface area (Å²) in [6, 6.07) is 14.4. The van der Waals surface area contributed by atoms with E-state index in [0.29, 0.717) is 17.9 Å². The van der Waals surface area contributed by atoms with Crippen LogP contribution < -0.4 is 10.6 Å². The van der Waals surface area contributed by atoms with E-state index < -0.39 is 0 Å². The Kier molecular flexibility index (Phi) is 5.31. The number of hydrogen-bond donors (Lipinski definition) is 2. The van der Waals surface area contributed by atoms with E-state index in [2.05, 4.69) is 15.6 Å². The molecule has 0 fully saturated rings. The third kappa shape index (κ3) is 4.19. The predicted octanol–water partition coefficient (Wildman–Crippen LogP) is 4.65. The van der Waals surface area contributed by atoms with E-state index in [0.717, 1.165) is 15.4 Å². The number of nitrogens with zero attached hydrogens (tertiary/aromatic N) is 1. The predicted molar refractivity (Wildman–Crippen MR) is 110 cm³/mol. The van der Waals surface area contributed by atoms with Gasteiger partial charge in [-0.3, -0.25) is 9.59 Å². The minimum atomic E-state index is -0.309. The van der Waals surface area contributed by atoms with Crippen molar-refractivity contribution in [2.45, 2.75) is 6.54 Å². The van der Waals surface area contributed by atoms with Gasteiger partial charge in [-0.25, -0.2) is 4.98 Å². The fourth-order valence-electron chi connectivity index (χ4n) is 2.47. The van der Waals surface area contributed by atoms with Gasteiger partial charge >= 0.3 is 0 Å². The van der Waals surface area contributed by atoms with Gasteiger partial charge in [-0.2, -0.15) is 0 Å². The van der Waals surface area contributed by atoms with Gasteiger partial charge in [-0.05, 0) is 41.3 Å². The first kappa shape index (κ1) is 18.1. The molecule has 0 aliphatic rings. The van der Waals surface area contributed by atoms with Gasteiger partial charge < -0.3 is 15.1 Å². The molecule has 1 aromatic carbocycles. The Balaban J connectivity index is 1.32. The second kappa shape index (κ2) is 8.20. The van der Waals surface area contributed by atoms with Crippen LogP contribution in [0.15, 0.2) is 70.0 Å². The first-order valence-electron chi connectivity index (χ1n) is 8.40. The maximum atomic E-state index is 12.3. The number of carbonyl (C=O) groups is 2. The van der Waals surface area contributed by atoms with E-state index in [9.17, 15) is 9.59 Å². The lowest BCUT2D eigenvalue weighted by Gasteiger charge is -2.06. The van der Waals surface area contributed by atoms with Crippen LogP contribution in [0.3, 0.4) is 0 Å². The first-order valence-corrected chi connectivity index (χ1v) is 10.2. The molecule has 2 amide bonds. The number of furan rings is 1. The Morgan fingerprint density at radius 1 is 1.00 bits per heavy atom. The van der Waals surface area contributed by atoms with Crippen molar-refractivity contribution >= 4 is 40.2 Å². The van der Waals surface area contributed by atoms with Gasteiger partial charge in [0.05, 0.1) is 11.1 Å². The van der Waals surface area contributed by atoms with Gasteiger partial charge in [0.25, 0.3) is 11.8 Å². The van der Waals surface area contributed by atoms with Crippen LogP contribution in [0, 0.1) is 0 Å². The number of aromatic nitrogens is 1. The molecule has 0 bridgehead atoms. The summed E-state index contributed by atoms with van der Waals surface area (Å²) in [4.78, 5) is 29.7. The zero-order valence-electron chi connectivity index (χ0n) is 14.5. The quantitative estimate of drug-likeness (QED) is 0.486. The number of benzene rings is 1. The Bertz CT molecular complexity index is 1070. The fourth-order valence-corrected chi connectivity index (χ4v) is 4.08. The second-order valence-electron chi connectivity index (χ2n) is 5.83. The highest BCUT2D eigenvalue weighted by Crippen LogP contribution is 2.27. The molecule has 28 heavy (non-hydrogen) atoms. The molecule has 0 radical (unpaired) electrons. The van der Waals surface area contributed by atoms with Crippen molar-refractivity contribution in [3.05, 3.63) is 82.6 Å². The number of rotatable bonds is 6. The number of thiazole rings is 1. The molecule has 140 valence electrons. The normalized spacial score (nSPS) is 10.6. The molecule has 3 heterocycles. The standard InChI is InChI=1S/C20H15N3O3S2/c24-18(15-12-28-20(23-15)17-4-2-10-27-17)21-11-13-5-7-14(8-6-13)22-19(25)16-3-1-9-26-16/h1-10,12H,11H2,(H,21,24)(H,22,25). The Labute approximate surface area is 168 Å². The highest BCUT2D eigenvalue weighted by Gasteiger charge is 2.12. The summed E-state index contributed by atoms with van der Waals surface area (Å²) in [6.45, 7) is 0.372. The minimum Gasteiger partial charge on any atom is -0.459 e. The molecule has 2 N–H and O–H groups in total. The first-order chi connectivity index (χ1) is 13.7. The second-order valence-corrected chi connectivity index (χ2v) is 7.63. The monoisotopic (exact) mass is 409 g/mol. The lowest BCUT2D eigenvalue weighted by Crippen LogP contribution is -2.23. The number of hydrogen-bond acceptors (Lipinski definition) is 6. The molecule has 6 nitrogen and oxygen atoms in total. The molecular weight excluding hydrogens is 394 g/mol. The highest BCUT2D eigenvalue weighted by molar-refractivity contribution is 7.20. The van der Waals surface area contributed by atoms with Crippen LogP contribution in [-0.4, -0.2) is 16.8 Å². The molecule has 8 heteroatoms. The summed E-state index contributed by atoms with van der Waals surface area (Å²) < 4.78 is 5.06. The zero-order valence-corrected chi connectivity index (χ0v) is 16.2. The maximum absolute atomic E-state index is 12.3. The number of amides is 2. The zero-order chi connectivity index (χ0) is 19.3. The fraction of sp³-hybridized carbons (Fsp3) is 0.0500. The smallest absolute Gasteiger partial charge is 0.291 e. The summed E-state index contributed by atoms with van der Waals surface area (Å²) >= 11 is 3.05. The van der Waals surface area contributed by atoms with Crippen molar-refractivity contribution < 1.29 is 14.0 Å². The van der Waals surface area contributed by atoms with Gasteiger partial charge in [0.15, 0.2) is 5.76 Å². The topological polar surface area (TPSA) is 84.2 Å². The molecule has 0 spiro atoms. The van der Waals surface area contributed by atoms with E-state index in [-0.39, 0.29) is 17.6 Å². The number of nitrogens with one attached hydrogen (secondary N) is 2. The summed E-state index contributed by atoms with van der Waals surface area (Å²) in [5, 5.41) is 10.2. The van der Waals surface area contributed by atoms with E-state index in [1.165, 1.54) is 17.6 Å². The van der Waals surface area contributed by atoms with Crippen molar-refractivity contribution in [3.8, 4) is 9.88 Å². The lowest BCUT2D eigenvalue weighted by molar-refractivity contribution is 0.0945. The molecular formula is C20H15N3O3S2. The third-order valence-corrected chi connectivity index (χ3v) is 5.76. The SMILES string of the molecule is O=C(NCc1ccc(NC(=O)c2ccco2)cc1)c1csc(-c2cccs2)n1. The summed E-state index contributed by atoms with van der Waals surface area (Å²) in [5.74, 6) is -0.271. The van der Waals surface area contributed by atoms with E-state index in [1.54, 1.807) is 41.0 Å². The van der Waals surface area contributed by atoms with Crippen molar-refractivity contribution in [1.82, 2.24) is 10.3 Å². The van der Waals surface area contributed by atoms with Gasteiger partial charge in [-0.15, -0.1) is 22.7 Å². The number of thiophene rings is 1. The van der Waals surface area contributed by atoms with Crippen LogP contribution in [-0.2, 0) is 6.54 Å². The summed E-state index contributed by atoms with van der Waals surface area (Å²) in [6.07, 6.45) is 1.45. The van der Waals surface area contributed by atoms with Crippen molar-refractivity contribution in [3.63, 3.8) is 0 Å². The summed E-state index contributed by atoms with van der Waals surface area (Å²) in [7, 11) is 0. The van der Waals surface area contributed by atoms with Crippen LogP contribution in [0.25, 0.3) is 9.88 Å². The Morgan fingerprint density at radius 3 is 2.57 bits per heavy atom. The van der Waals surface area contributed by atoms with Crippen molar-refractivity contribution in [1.29, 1.82) is 0 Å². The Hall–Kier alpha value is -3.23. The molecule has 3 aromatic heterocycles. The van der Waals surface area contributed by atoms with Crippen LogP contribution >= 0.6 is 22.7 Å². The third-order valence-electron chi connectivity index (χ3n) is 3.88. The molecule has 0 saturated carbocycles. The molecule has 0 aliphatic carbocycles. The Morgan fingerprint density at radius 2 is 1.86 bits per heavy atom. The molecule has 0 unspecified atom stereocenters. The van der Waals surface area contributed by atoms with Crippen LogP contribution in [0.1, 0.15) is 26.6 Å². The van der Waals surface area contributed by atoms with Gasteiger partial charge in [0.2, 0.25) is 0 Å². The van der Waals surface area contributed by atoms with E-state index in [4.69, 9.17) is 4.42 Å². The van der Waals surface area contributed by atoms with Crippen LogP contribution in [0.4, 0.5) is 5.69 Å². The number of carbonyl (C=O) groups excluding carboxylic acids is 2. The van der Waals surface area contributed by atoms with Gasteiger partial charge in [-0.1, -0.05) is 18.2 Å². The molecule has 4 rings (SSSR count). The maximum Gasteiger partial charge on any atom is 0.291 e. The molecule has 4 aromatic rings. The van der Waals surface area contributed by atoms with Gasteiger partial charge in [0.1, 0.15) is 10.7 Å². The highest BCUT2D eigenvalue weighted by atomic mass is 32.1. The molecule has 0 saturated heterocycles. The average Bonchev–Trinajstić information content (AvgIpc) is 3.49. The largest absolute Gasteiger partial charge is 0.459 e.